The van der Waals surface area contributed by atoms with Crippen LogP contribution in [0.5, 0.6) is 0 Å². The van der Waals surface area contributed by atoms with Crippen molar-refractivity contribution in [3.8, 4) is 0 Å². The number of alkyl halides is 1. The second kappa shape index (κ2) is 5.73. The lowest BCUT2D eigenvalue weighted by Crippen LogP contribution is -1.98. The SMILES string of the molecule is Cc1cccc(C(Cl)Cc2cccc(F)c2)c1Cl. The Morgan fingerprint density at radius 3 is 2.61 bits per heavy atom. The van der Waals surface area contributed by atoms with Crippen LogP contribution in [0.4, 0.5) is 4.39 Å². The Bertz CT molecular complexity index is 552. The zero-order chi connectivity index (χ0) is 13.1. The van der Waals surface area contributed by atoms with E-state index >= 15 is 0 Å². The third-order valence-corrected chi connectivity index (χ3v) is 3.77. The van der Waals surface area contributed by atoms with Crippen LogP contribution < -0.4 is 0 Å². The first kappa shape index (κ1) is 13.4. The summed E-state index contributed by atoms with van der Waals surface area (Å²) in [7, 11) is 0. The molecule has 0 aliphatic heterocycles. The summed E-state index contributed by atoms with van der Waals surface area (Å²) in [5.41, 5.74) is 2.76. The lowest BCUT2D eigenvalue weighted by atomic mass is 10.0. The molecule has 3 heteroatoms. The quantitative estimate of drug-likeness (QED) is 0.669. The van der Waals surface area contributed by atoms with Gasteiger partial charge in [0.15, 0.2) is 0 Å². The van der Waals surface area contributed by atoms with E-state index in [2.05, 4.69) is 0 Å². The van der Waals surface area contributed by atoms with Crippen LogP contribution in [-0.2, 0) is 6.42 Å². The molecule has 0 aliphatic carbocycles. The summed E-state index contributed by atoms with van der Waals surface area (Å²) in [6.45, 7) is 1.94. The summed E-state index contributed by atoms with van der Waals surface area (Å²) in [5, 5.41) is 0.438. The largest absolute Gasteiger partial charge is 0.207 e. The molecule has 0 radical (unpaired) electrons. The smallest absolute Gasteiger partial charge is 0.123 e. The summed E-state index contributed by atoms with van der Waals surface area (Å²) in [6.07, 6.45) is 0.558. The van der Waals surface area contributed by atoms with Gasteiger partial charge in [0.2, 0.25) is 0 Å². The third kappa shape index (κ3) is 3.04. The predicted molar refractivity (Wildman–Crippen MR) is 74.9 cm³/mol. The molecule has 2 aromatic carbocycles. The number of rotatable bonds is 3. The zero-order valence-corrected chi connectivity index (χ0v) is 11.5. The highest BCUT2D eigenvalue weighted by Crippen LogP contribution is 2.32. The van der Waals surface area contributed by atoms with E-state index < -0.39 is 0 Å². The van der Waals surface area contributed by atoms with Crippen molar-refractivity contribution in [2.24, 2.45) is 0 Å². The molecule has 1 unspecified atom stereocenters. The van der Waals surface area contributed by atoms with Crippen molar-refractivity contribution in [1.29, 1.82) is 0 Å². The fourth-order valence-corrected chi connectivity index (χ4v) is 2.57. The molecule has 18 heavy (non-hydrogen) atoms. The highest BCUT2D eigenvalue weighted by atomic mass is 35.5. The predicted octanol–water partition coefficient (Wildman–Crippen LogP) is 5.31. The Kier molecular flexibility index (Phi) is 4.26. The number of aryl methyl sites for hydroxylation is 1. The molecule has 0 saturated heterocycles. The first-order valence-corrected chi connectivity index (χ1v) is 6.53. The van der Waals surface area contributed by atoms with E-state index in [1.165, 1.54) is 12.1 Å². The summed E-state index contributed by atoms with van der Waals surface area (Å²) in [5.74, 6) is -0.244. The fourth-order valence-electron chi connectivity index (χ4n) is 1.89. The van der Waals surface area contributed by atoms with E-state index in [0.29, 0.717) is 11.4 Å². The molecule has 0 saturated carbocycles. The Hall–Kier alpha value is -1.05. The molecule has 0 spiro atoms. The summed E-state index contributed by atoms with van der Waals surface area (Å²) >= 11 is 12.6. The molecule has 1 atom stereocenters. The van der Waals surface area contributed by atoms with Crippen LogP contribution in [0.2, 0.25) is 5.02 Å². The van der Waals surface area contributed by atoms with Gasteiger partial charge in [0, 0.05) is 5.02 Å². The molecule has 0 heterocycles. The van der Waals surface area contributed by atoms with E-state index in [1.807, 2.05) is 31.2 Å². The lowest BCUT2D eigenvalue weighted by Gasteiger charge is -2.13. The van der Waals surface area contributed by atoms with Gasteiger partial charge in [-0.1, -0.05) is 41.9 Å². The van der Waals surface area contributed by atoms with E-state index in [4.69, 9.17) is 23.2 Å². The Morgan fingerprint density at radius 2 is 1.89 bits per heavy atom. The van der Waals surface area contributed by atoms with Crippen LogP contribution >= 0.6 is 23.2 Å². The molecule has 2 rings (SSSR count). The normalized spacial score (nSPS) is 12.4. The van der Waals surface area contributed by atoms with E-state index in [0.717, 1.165) is 16.7 Å². The van der Waals surface area contributed by atoms with E-state index in [1.54, 1.807) is 6.07 Å². The molecule has 2 aromatic rings. The summed E-state index contributed by atoms with van der Waals surface area (Å²) in [4.78, 5) is 0. The molecule has 0 bridgehead atoms. The highest BCUT2D eigenvalue weighted by Gasteiger charge is 2.13. The van der Waals surface area contributed by atoms with Gasteiger partial charge in [0.1, 0.15) is 5.82 Å². The second-order valence-electron chi connectivity index (χ2n) is 4.28. The van der Waals surface area contributed by atoms with Gasteiger partial charge in [0.05, 0.1) is 5.38 Å². The molecule has 94 valence electrons. The maximum atomic E-state index is 13.1. The van der Waals surface area contributed by atoms with Crippen molar-refractivity contribution in [2.75, 3.05) is 0 Å². The van der Waals surface area contributed by atoms with Crippen molar-refractivity contribution in [3.63, 3.8) is 0 Å². The average molecular weight is 283 g/mol. The van der Waals surface area contributed by atoms with Gasteiger partial charge in [-0.05, 0) is 42.2 Å². The van der Waals surface area contributed by atoms with E-state index in [9.17, 15) is 4.39 Å². The Morgan fingerprint density at radius 1 is 1.17 bits per heavy atom. The minimum absolute atomic E-state index is 0.244. The van der Waals surface area contributed by atoms with Crippen LogP contribution in [0.15, 0.2) is 42.5 Å². The number of halogens is 3. The monoisotopic (exact) mass is 282 g/mol. The third-order valence-electron chi connectivity index (χ3n) is 2.86. The second-order valence-corrected chi connectivity index (χ2v) is 5.18. The van der Waals surface area contributed by atoms with Crippen molar-refractivity contribution >= 4 is 23.2 Å². The van der Waals surface area contributed by atoms with Crippen LogP contribution in [0.3, 0.4) is 0 Å². The standard InChI is InChI=1S/C15H13Cl2F/c1-10-4-2-7-13(15(10)17)14(16)9-11-5-3-6-12(18)8-11/h2-8,14H,9H2,1H3. The lowest BCUT2D eigenvalue weighted by molar-refractivity contribution is 0.625. The fraction of sp³-hybridized carbons (Fsp3) is 0.200. The Balaban J connectivity index is 2.22. The average Bonchev–Trinajstić information content (AvgIpc) is 2.32. The minimum atomic E-state index is -0.251. The van der Waals surface area contributed by atoms with Crippen LogP contribution in [-0.4, -0.2) is 0 Å². The molecule has 0 N–H and O–H groups in total. The van der Waals surface area contributed by atoms with Gasteiger partial charge in [-0.2, -0.15) is 0 Å². The highest BCUT2D eigenvalue weighted by molar-refractivity contribution is 6.33. The van der Waals surface area contributed by atoms with Crippen molar-refractivity contribution in [3.05, 3.63) is 70.0 Å². The summed E-state index contributed by atoms with van der Waals surface area (Å²) in [6, 6.07) is 12.3. The van der Waals surface area contributed by atoms with Crippen molar-refractivity contribution in [1.82, 2.24) is 0 Å². The maximum Gasteiger partial charge on any atom is 0.123 e. The van der Waals surface area contributed by atoms with Gasteiger partial charge >= 0.3 is 0 Å². The first-order valence-electron chi connectivity index (χ1n) is 5.71. The number of hydrogen-bond donors (Lipinski definition) is 0. The molecule has 0 fully saturated rings. The summed E-state index contributed by atoms with van der Waals surface area (Å²) < 4.78 is 13.1. The topological polar surface area (TPSA) is 0 Å². The van der Waals surface area contributed by atoms with Crippen molar-refractivity contribution < 1.29 is 4.39 Å². The number of hydrogen-bond acceptors (Lipinski definition) is 0. The van der Waals surface area contributed by atoms with Gasteiger partial charge in [-0.3, -0.25) is 0 Å². The molecule has 0 aromatic heterocycles. The zero-order valence-electron chi connectivity index (χ0n) is 9.96. The number of benzene rings is 2. The minimum Gasteiger partial charge on any atom is -0.207 e. The molecule has 0 aliphatic rings. The van der Waals surface area contributed by atoms with Gasteiger partial charge in [-0.25, -0.2) is 4.39 Å². The van der Waals surface area contributed by atoms with Crippen LogP contribution in [0.1, 0.15) is 22.1 Å². The molecular formula is C15H13Cl2F. The van der Waals surface area contributed by atoms with Gasteiger partial charge < -0.3 is 0 Å². The first-order chi connectivity index (χ1) is 8.58. The molecule has 0 nitrogen and oxygen atoms in total. The maximum absolute atomic E-state index is 13.1. The van der Waals surface area contributed by atoms with Crippen molar-refractivity contribution in [2.45, 2.75) is 18.7 Å². The molecule has 0 amide bonds. The Labute approximate surface area is 116 Å². The van der Waals surface area contributed by atoms with E-state index in [-0.39, 0.29) is 11.2 Å². The van der Waals surface area contributed by atoms with Gasteiger partial charge in [0.25, 0.3) is 0 Å². The van der Waals surface area contributed by atoms with Crippen LogP contribution in [0.25, 0.3) is 0 Å². The van der Waals surface area contributed by atoms with Crippen LogP contribution in [0, 0.1) is 12.7 Å². The molecular weight excluding hydrogens is 270 g/mol. The van der Waals surface area contributed by atoms with Gasteiger partial charge in [-0.15, -0.1) is 11.6 Å².